The van der Waals surface area contributed by atoms with Crippen LogP contribution in [0.15, 0.2) is 18.2 Å². The van der Waals surface area contributed by atoms with Crippen LogP contribution >= 0.6 is 11.6 Å². The van der Waals surface area contributed by atoms with Crippen LogP contribution in [0.2, 0.25) is 0 Å². The van der Waals surface area contributed by atoms with E-state index in [9.17, 15) is 4.39 Å². The molecule has 0 saturated carbocycles. The normalized spacial score (nSPS) is 28.2. The van der Waals surface area contributed by atoms with Gasteiger partial charge in [-0.05, 0) is 32.0 Å². The lowest BCUT2D eigenvalue weighted by Crippen LogP contribution is -2.55. The first kappa shape index (κ1) is 15.1. The Bertz CT molecular complexity index is 523. The molecular formula is C16H21ClFNO2. The lowest BCUT2D eigenvalue weighted by Gasteiger charge is -2.42. The summed E-state index contributed by atoms with van der Waals surface area (Å²) in [6.07, 6.45) is 0.888. The van der Waals surface area contributed by atoms with Gasteiger partial charge in [-0.1, -0.05) is 0 Å². The highest BCUT2D eigenvalue weighted by Crippen LogP contribution is 2.30. The van der Waals surface area contributed by atoms with Crippen molar-refractivity contribution >= 4 is 11.6 Å². The number of halogens is 2. The second kappa shape index (κ2) is 5.75. The van der Waals surface area contributed by atoms with Gasteiger partial charge in [0.15, 0.2) is 0 Å². The maximum atomic E-state index is 13.2. The summed E-state index contributed by atoms with van der Waals surface area (Å²) in [6.45, 7) is 6.65. The van der Waals surface area contributed by atoms with E-state index in [4.69, 9.17) is 21.1 Å². The van der Waals surface area contributed by atoms with Gasteiger partial charge in [0.2, 0.25) is 0 Å². The third-order valence-corrected chi connectivity index (χ3v) is 4.29. The first-order valence-corrected chi connectivity index (χ1v) is 7.90. The summed E-state index contributed by atoms with van der Waals surface area (Å²) in [7, 11) is 0. The van der Waals surface area contributed by atoms with E-state index in [0.717, 1.165) is 37.4 Å². The van der Waals surface area contributed by atoms with E-state index in [1.54, 1.807) is 12.1 Å². The van der Waals surface area contributed by atoms with Crippen molar-refractivity contribution in [2.45, 2.75) is 38.1 Å². The fourth-order valence-corrected chi connectivity index (χ4v) is 3.48. The Kier molecular flexibility index (Phi) is 4.12. The molecule has 0 amide bonds. The van der Waals surface area contributed by atoms with Crippen molar-refractivity contribution in [1.29, 1.82) is 0 Å². The van der Waals surface area contributed by atoms with E-state index >= 15 is 0 Å². The minimum atomic E-state index is -0.201. The molecule has 2 atom stereocenters. The Morgan fingerprint density at radius 3 is 2.95 bits per heavy atom. The molecule has 21 heavy (non-hydrogen) atoms. The molecule has 0 N–H and O–H groups in total. The quantitative estimate of drug-likeness (QED) is 0.801. The van der Waals surface area contributed by atoms with Crippen LogP contribution in [0.3, 0.4) is 0 Å². The van der Waals surface area contributed by atoms with Crippen molar-refractivity contribution in [1.82, 2.24) is 4.90 Å². The van der Waals surface area contributed by atoms with Crippen LogP contribution in [-0.2, 0) is 11.2 Å². The molecule has 3 rings (SSSR count). The van der Waals surface area contributed by atoms with Gasteiger partial charge in [-0.3, -0.25) is 4.90 Å². The number of nitrogens with zero attached hydrogens (tertiary/aromatic N) is 1. The summed E-state index contributed by atoms with van der Waals surface area (Å²) in [5, 5.41) is 0. The molecule has 0 aromatic heterocycles. The SMILES string of the molecule is CC1(C)CN(CC2Cc3cc(F)ccc3O2)CC(CCl)O1. The van der Waals surface area contributed by atoms with Crippen molar-refractivity contribution in [3.63, 3.8) is 0 Å². The van der Waals surface area contributed by atoms with Crippen molar-refractivity contribution < 1.29 is 13.9 Å². The average molecular weight is 314 g/mol. The number of rotatable bonds is 3. The first-order chi connectivity index (χ1) is 9.95. The number of alkyl halides is 1. The van der Waals surface area contributed by atoms with Gasteiger partial charge in [-0.25, -0.2) is 4.39 Å². The van der Waals surface area contributed by atoms with Gasteiger partial charge in [-0.2, -0.15) is 0 Å². The molecule has 0 aliphatic carbocycles. The predicted octanol–water partition coefficient (Wildman–Crippen LogP) is 2.85. The van der Waals surface area contributed by atoms with Crippen LogP contribution < -0.4 is 4.74 Å². The van der Waals surface area contributed by atoms with Gasteiger partial charge in [0, 0.05) is 37.5 Å². The maximum Gasteiger partial charge on any atom is 0.123 e. The molecular weight excluding hydrogens is 293 g/mol. The smallest absolute Gasteiger partial charge is 0.123 e. The summed E-state index contributed by atoms with van der Waals surface area (Å²) in [5.74, 6) is 1.10. The molecule has 0 spiro atoms. The van der Waals surface area contributed by atoms with Gasteiger partial charge in [0.05, 0.1) is 11.7 Å². The molecule has 1 aromatic rings. The van der Waals surface area contributed by atoms with Gasteiger partial charge >= 0.3 is 0 Å². The highest BCUT2D eigenvalue weighted by molar-refractivity contribution is 6.18. The number of benzene rings is 1. The lowest BCUT2D eigenvalue weighted by molar-refractivity contribution is -0.131. The molecule has 116 valence electrons. The van der Waals surface area contributed by atoms with Gasteiger partial charge in [0.25, 0.3) is 0 Å². The fourth-order valence-electron chi connectivity index (χ4n) is 3.31. The van der Waals surface area contributed by atoms with Crippen molar-refractivity contribution in [3.8, 4) is 5.75 Å². The third kappa shape index (κ3) is 3.50. The van der Waals surface area contributed by atoms with Crippen molar-refractivity contribution in [2.24, 2.45) is 0 Å². The lowest BCUT2D eigenvalue weighted by atomic mass is 10.0. The van der Waals surface area contributed by atoms with Crippen molar-refractivity contribution in [3.05, 3.63) is 29.6 Å². The van der Waals surface area contributed by atoms with Crippen molar-refractivity contribution in [2.75, 3.05) is 25.5 Å². The van der Waals surface area contributed by atoms with Crippen LogP contribution in [0, 0.1) is 5.82 Å². The summed E-state index contributed by atoms with van der Waals surface area (Å²) < 4.78 is 25.1. The Hall–Kier alpha value is -0.840. The summed E-state index contributed by atoms with van der Waals surface area (Å²) >= 11 is 5.96. The molecule has 3 nitrogen and oxygen atoms in total. The van der Waals surface area contributed by atoms with E-state index in [-0.39, 0.29) is 23.6 Å². The molecule has 2 aliphatic heterocycles. The molecule has 1 saturated heterocycles. The zero-order valence-electron chi connectivity index (χ0n) is 12.4. The highest BCUT2D eigenvalue weighted by Gasteiger charge is 2.35. The topological polar surface area (TPSA) is 21.7 Å². The molecule has 5 heteroatoms. The minimum Gasteiger partial charge on any atom is -0.488 e. The van der Waals surface area contributed by atoms with Crippen LogP contribution in [0.5, 0.6) is 5.75 Å². The van der Waals surface area contributed by atoms with Crippen LogP contribution in [0.1, 0.15) is 19.4 Å². The molecule has 0 bridgehead atoms. The van der Waals surface area contributed by atoms with Gasteiger partial charge < -0.3 is 9.47 Å². The van der Waals surface area contributed by atoms with Crippen LogP contribution in [-0.4, -0.2) is 48.2 Å². The van der Waals surface area contributed by atoms with E-state index in [0.29, 0.717) is 5.88 Å². The van der Waals surface area contributed by atoms with E-state index in [2.05, 4.69) is 18.7 Å². The molecule has 2 heterocycles. The van der Waals surface area contributed by atoms with Crippen LogP contribution in [0.4, 0.5) is 4.39 Å². The van der Waals surface area contributed by atoms with Gasteiger partial charge in [0.1, 0.15) is 17.7 Å². The zero-order chi connectivity index (χ0) is 15.0. The second-order valence-electron chi connectivity index (χ2n) is 6.54. The predicted molar refractivity (Wildman–Crippen MR) is 80.6 cm³/mol. The van der Waals surface area contributed by atoms with E-state index < -0.39 is 0 Å². The number of morpholine rings is 1. The standard InChI is InChI=1S/C16H21ClFNO2/c1-16(2)10-19(9-14(7-17)21-16)8-13-6-11-5-12(18)3-4-15(11)20-13/h3-5,13-14H,6-10H2,1-2H3. The Morgan fingerprint density at radius 2 is 2.19 bits per heavy atom. The fraction of sp³-hybridized carbons (Fsp3) is 0.625. The largest absolute Gasteiger partial charge is 0.488 e. The molecule has 0 radical (unpaired) electrons. The number of hydrogen-bond donors (Lipinski definition) is 0. The highest BCUT2D eigenvalue weighted by atomic mass is 35.5. The van der Waals surface area contributed by atoms with Crippen LogP contribution in [0.25, 0.3) is 0 Å². The number of hydrogen-bond acceptors (Lipinski definition) is 3. The first-order valence-electron chi connectivity index (χ1n) is 7.36. The number of ether oxygens (including phenoxy) is 2. The van der Waals surface area contributed by atoms with E-state index in [1.165, 1.54) is 6.07 Å². The second-order valence-corrected chi connectivity index (χ2v) is 6.85. The minimum absolute atomic E-state index is 0.0524. The summed E-state index contributed by atoms with van der Waals surface area (Å²) in [4.78, 5) is 2.34. The Morgan fingerprint density at radius 1 is 1.38 bits per heavy atom. The monoisotopic (exact) mass is 313 g/mol. The number of fused-ring (bicyclic) bond motifs is 1. The Labute approximate surface area is 130 Å². The zero-order valence-corrected chi connectivity index (χ0v) is 13.2. The summed E-state index contributed by atoms with van der Waals surface area (Å²) in [5.41, 5.74) is 0.761. The molecule has 2 aliphatic rings. The molecule has 1 fully saturated rings. The Balaban J connectivity index is 1.63. The van der Waals surface area contributed by atoms with E-state index in [1.807, 2.05) is 0 Å². The average Bonchev–Trinajstić information content (AvgIpc) is 2.77. The molecule has 2 unspecified atom stereocenters. The maximum absolute atomic E-state index is 13.2. The third-order valence-electron chi connectivity index (χ3n) is 3.95. The van der Waals surface area contributed by atoms with Gasteiger partial charge in [-0.15, -0.1) is 11.6 Å². The summed E-state index contributed by atoms with van der Waals surface area (Å²) in [6, 6.07) is 4.73. The molecule has 1 aromatic carbocycles.